The Bertz CT molecular complexity index is 493. The second-order valence-corrected chi connectivity index (χ2v) is 5.74. The zero-order valence-electron chi connectivity index (χ0n) is 11.8. The molecule has 110 valence electrons. The van der Waals surface area contributed by atoms with Crippen LogP contribution in [0.3, 0.4) is 0 Å². The van der Waals surface area contributed by atoms with Gasteiger partial charge in [0.15, 0.2) is 0 Å². The second kappa shape index (κ2) is 6.46. The summed E-state index contributed by atoms with van der Waals surface area (Å²) in [6.07, 6.45) is -1.21. The zero-order valence-corrected chi connectivity index (χ0v) is 12.5. The molecule has 3 atom stereocenters. The van der Waals surface area contributed by atoms with Gasteiger partial charge in [-0.2, -0.15) is 0 Å². The topological polar surface area (TPSA) is 64.2 Å². The lowest BCUT2D eigenvalue weighted by Crippen LogP contribution is -2.35. The quantitative estimate of drug-likeness (QED) is 0.829. The fourth-order valence-corrected chi connectivity index (χ4v) is 3.40. The van der Waals surface area contributed by atoms with Crippen molar-refractivity contribution in [3.8, 4) is 0 Å². The summed E-state index contributed by atoms with van der Waals surface area (Å²) in [5.74, 6) is 2.20. The van der Waals surface area contributed by atoms with E-state index in [1.165, 1.54) is 11.1 Å². The van der Waals surface area contributed by atoms with E-state index in [2.05, 4.69) is 24.4 Å². The van der Waals surface area contributed by atoms with Gasteiger partial charge in [-0.3, -0.25) is 0 Å². The number of carboxylic acid groups (broad SMARTS) is 1. The van der Waals surface area contributed by atoms with Crippen LogP contribution in [0.15, 0.2) is 18.2 Å². The van der Waals surface area contributed by atoms with Crippen molar-refractivity contribution in [1.29, 1.82) is 0 Å². The van der Waals surface area contributed by atoms with Crippen molar-refractivity contribution in [2.45, 2.75) is 25.7 Å². The molecule has 1 aromatic carbocycles. The molecule has 1 fully saturated rings. The minimum atomic E-state index is -1.21. The van der Waals surface area contributed by atoms with Crippen molar-refractivity contribution >= 4 is 17.7 Å². The van der Waals surface area contributed by atoms with Gasteiger partial charge in [-0.1, -0.05) is 24.6 Å². The van der Waals surface area contributed by atoms with Gasteiger partial charge >= 0.3 is 0 Å². The number of halogens is 1. The van der Waals surface area contributed by atoms with Crippen LogP contribution in [0.1, 0.15) is 36.8 Å². The van der Waals surface area contributed by atoms with E-state index in [0.29, 0.717) is 12.5 Å². The van der Waals surface area contributed by atoms with E-state index < -0.39 is 6.09 Å². The number of carbonyl (C=O) groups excluding carboxylic acids is 1. The first-order valence-corrected chi connectivity index (χ1v) is 7.37. The van der Waals surface area contributed by atoms with Crippen molar-refractivity contribution in [3.63, 3.8) is 0 Å². The summed E-state index contributed by atoms with van der Waals surface area (Å²) >= 11 is 6.03. The van der Waals surface area contributed by atoms with Gasteiger partial charge in [-0.25, -0.2) is 0 Å². The fraction of sp³-hybridized carbons (Fsp3) is 0.533. The lowest BCUT2D eigenvalue weighted by Gasteiger charge is -2.12. The molecule has 3 rings (SSSR count). The summed E-state index contributed by atoms with van der Waals surface area (Å²) in [4.78, 5) is 9.38. The number of hydrogen-bond acceptors (Lipinski definition) is 3. The highest BCUT2D eigenvalue weighted by Gasteiger charge is 2.40. The lowest BCUT2D eigenvalue weighted by atomic mass is 9.91. The highest BCUT2D eigenvalue weighted by Crippen LogP contribution is 2.48. The van der Waals surface area contributed by atoms with Crippen molar-refractivity contribution < 1.29 is 9.90 Å². The summed E-state index contributed by atoms with van der Waals surface area (Å²) in [7, 11) is 0. The van der Waals surface area contributed by atoms with Crippen LogP contribution in [0, 0.1) is 5.92 Å². The van der Waals surface area contributed by atoms with Gasteiger partial charge in [0.25, 0.3) is 0 Å². The monoisotopic (exact) mass is 295 g/mol. The van der Waals surface area contributed by atoms with Crippen molar-refractivity contribution in [2.75, 3.05) is 19.6 Å². The molecule has 1 amide bonds. The minimum Gasteiger partial charge on any atom is -0.530 e. The van der Waals surface area contributed by atoms with Gasteiger partial charge in [-0.05, 0) is 48.6 Å². The largest absolute Gasteiger partial charge is 0.530 e. The first kappa shape index (κ1) is 15.1. The smallest absolute Gasteiger partial charge is 0.134 e. The van der Waals surface area contributed by atoms with E-state index in [-0.39, 0.29) is 0 Å². The van der Waals surface area contributed by atoms with Crippen LogP contribution in [-0.4, -0.2) is 25.7 Å². The number of rotatable bonds is 1. The molecule has 3 unspecified atom stereocenters. The Balaban J connectivity index is 0.000000212. The third kappa shape index (κ3) is 3.07. The maximum atomic E-state index is 9.38. The fourth-order valence-electron chi connectivity index (χ4n) is 3.22. The first-order chi connectivity index (χ1) is 9.54. The van der Waals surface area contributed by atoms with E-state index in [0.717, 1.165) is 29.9 Å². The van der Waals surface area contributed by atoms with Crippen molar-refractivity contribution in [3.05, 3.63) is 34.3 Å². The van der Waals surface area contributed by atoms with Crippen LogP contribution in [0.2, 0.25) is 5.02 Å². The number of hydrogen-bond donors (Lipinski definition) is 2. The van der Waals surface area contributed by atoms with Crippen LogP contribution >= 0.6 is 11.6 Å². The molecular weight excluding hydrogens is 276 g/mol. The Morgan fingerprint density at radius 2 is 2.20 bits per heavy atom. The molecule has 20 heavy (non-hydrogen) atoms. The molecule has 4 nitrogen and oxygen atoms in total. The average molecular weight is 296 g/mol. The summed E-state index contributed by atoms with van der Waals surface area (Å²) in [6.45, 7) is 6.74. The molecule has 0 spiro atoms. The molecular formula is C15H20ClN2O2-. The second-order valence-electron chi connectivity index (χ2n) is 5.31. The van der Waals surface area contributed by atoms with Crippen LogP contribution < -0.4 is 15.7 Å². The minimum absolute atomic E-state index is 0.419. The molecule has 0 bridgehead atoms. The Morgan fingerprint density at radius 1 is 1.45 bits per heavy atom. The summed E-state index contributed by atoms with van der Waals surface area (Å²) in [5.41, 5.74) is 3.01. The third-order valence-corrected chi connectivity index (χ3v) is 4.40. The Hall–Kier alpha value is -1.26. The molecule has 2 aliphatic rings. The van der Waals surface area contributed by atoms with Gasteiger partial charge < -0.3 is 20.5 Å². The molecule has 5 heteroatoms. The SMILES string of the molecule is CC1c2cc(Cl)ccc2C2CNCC12.CCNC(=O)[O-]. The van der Waals surface area contributed by atoms with Gasteiger partial charge in [-0.15, -0.1) is 0 Å². The number of amides is 1. The maximum Gasteiger partial charge on any atom is 0.134 e. The molecule has 1 aliphatic carbocycles. The molecule has 2 N–H and O–H groups in total. The van der Waals surface area contributed by atoms with E-state index >= 15 is 0 Å². The highest BCUT2D eigenvalue weighted by atomic mass is 35.5. The van der Waals surface area contributed by atoms with Crippen molar-refractivity contribution in [2.24, 2.45) is 5.92 Å². The van der Waals surface area contributed by atoms with E-state index in [9.17, 15) is 9.90 Å². The van der Waals surface area contributed by atoms with Crippen LogP contribution in [-0.2, 0) is 0 Å². The van der Waals surface area contributed by atoms with E-state index in [1.54, 1.807) is 6.92 Å². The summed E-state index contributed by atoms with van der Waals surface area (Å²) < 4.78 is 0. The van der Waals surface area contributed by atoms with Crippen LogP contribution in [0.25, 0.3) is 0 Å². The zero-order chi connectivity index (χ0) is 14.7. The molecule has 1 saturated heterocycles. The normalized spacial score (nSPS) is 26.2. The summed E-state index contributed by atoms with van der Waals surface area (Å²) in [6, 6.07) is 6.39. The number of fused-ring (bicyclic) bond motifs is 3. The number of carbonyl (C=O) groups is 1. The number of benzene rings is 1. The third-order valence-electron chi connectivity index (χ3n) is 4.16. The molecule has 0 saturated carbocycles. The summed E-state index contributed by atoms with van der Waals surface area (Å²) in [5, 5.41) is 15.7. The van der Waals surface area contributed by atoms with E-state index in [4.69, 9.17) is 11.6 Å². The molecule has 1 aromatic rings. The number of nitrogens with one attached hydrogen (secondary N) is 2. The maximum absolute atomic E-state index is 9.38. The first-order valence-electron chi connectivity index (χ1n) is 6.99. The Kier molecular flexibility index (Phi) is 4.89. The van der Waals surface area contributed by atoms with Gasteiger partial charge in [0, 0.05) is 24.0 Å². The Labute approximate surface area is 124 Å². The van der Waals surface area contributed by atoms with Crippen LogP contribution in [0.5, 0.6) is 0 Å². The van der Waals surface area contributed by atoms with E-state index in [1.807, 2.05) is 11.4 Å². The molecule has 1 heterocycles. The van der Waals surface area contributed by atoms with Crippen LogP contribution in [0.4, 0.5) is 4.79 Å². The molecule has 1 aliphatic heterocycles. The van der Waals surface area contributed by atoms with Crippen molar-refractivity contribution in [1.82, 2.24) is 10.6 Å². The molecule has 0 aromatic heterocycles. The highest BCUT2D eigenvalue weighted by molar-refractivity contribution is 6.30. The predicted molar refractivity (Wildman–Crippen MR) is 78.0 cm³/mol. The van der Waals surface area contributed by atoms with Gasteiger partial charge in [0.1, 0.15) is 6.09 Å². The average Bonchev–Trinajstić information content (AvgIpc) is 2.95. The Morgan fingerprint density at radius 3 is 2.80 bits per heavy atom. The standard InChI is InChI=1S/C12H14ClN.C3H7NO2/c1-7-10-4-8(13)2-3-9(10)12-6-14-5-11(7)12;1-2-4-3(5)6/h2-4,7,11-12,14H,5-6H2,1H3;4H,2H2,1H3,(H,5,6)/p-1. The predicted octanol–water partition coefficient (Wildman–Crippen LogP) is 1.70. The van der Waals surface area contributed by atoms with Gasteiger partial charge in [0.05, 0.1) is 0 Å². The molecule has 0 radical (unpaired) electrons. The lowest BCUT2D eigenvalue weighted by molar-refractivity contribution is -0.250. The van der Waals surface area contributed by atoms with Gasteiger partial charge in [0.2, 0.25) is 0 Å².